The second-order valence-corrected chi connectivity index (χ2v) is 5.77. The van der Waals surface area contributed by atoms with E-state index >= 15 is 0 Å². The van der Waals surface area contributed by atoms with Crippen LogP contribution in [0.3, 0.4) is 0 Å². The van der Waals surface area contributed by atoms with Gasteiger partial charge in [-0.25, -0.2) is 0 Å². The lowest BCUT2D eigenvalue weighted by Crippen LogP contribution is -2.49. The van der Waals surface area contributed by atoms with E-state index in [0.29, 0.717) is 6.54 Å². The summed E-state index contributed by atoms with van der Waals surface area (Å²) in [4.78, 5) is 16.5. The van der Waals surface area contributed by atoms with Gasteiger partial charge in [-0.1, -0.05) is 6.07 Å². The van der Waals surface area contributed by atoms with Crippen molar-refractivity contribution in [2.24, 2.45) is 0 Å². The molecule has 1 heterocycles. The van der Waals surface area contributed by atoms with E-state index in [1.54, 1.807) is 0 Å². The van der Waals surface area contributed by atoms with E-state index in [-0.39, 0.29) is 12.5 Å². The Kier molecular flexibility index (Phi) is 5.73. The Bertz CT molecular complexity index is 462. The summed E-state index contributed by atoms with van der Waals surface area (Å²) in [5, 5.41) is 11.9. The highest BCUT2D eigenvalue weighted by Crippen LogP contribution is 2.13. The van der Waals surface area contributed by atoms with Crippen LogP contribution in [0, 0.1) is 13.8 Å². The summed E-state index contributed by atoms with van der Waals surface area (Å²) in [6.45, 7) is 9.00. The van der Waals surface area contributed by atoms with Crippen molar-refractivity contribution in [1.82, 2.24) is 9.80 Å². The number of nitrogens with one attached hydrogen (secondary N) is 1. The van der Waals surface area contributed by atoms with Crippen molar-refractivity contribution >= 4 is 11.6 Å². The minimum Gasteiger partial charge on any atom is -0.395 e. The van der Waals surface area contributed by atoms with Crippen LogP contribution in [-0.4, -0.2) is 66.7 Å². The lowest BCUT2D eigenvalue weighted by atomic mass is 10.1. The molecule has 0 atom stereocenters. The first-order valence-electron chi connectivity index (χ1n) is 7.50. The molecule has 0 unspecified atom stereocenters. The molecule has 1 amide bonds. The third kappa shape index (κ3) is 5.12. The summed E-state index contributed by atoms with van der Waals surface area (Å²) in [6, 6.07) is 6.07. The standard InChI is InChI=1S/C16H25N3O2/c1-13-9-14(2)11-15(10-13)17-16(21)12-19-5-3-18(4-6-19)7-8-20/h9-11,20H,3-8,12H2,1-2H3,(H,17,21). The normalized spacial score (nSPS) is 16.9. The fourth-order valence-corrected chi connectivity index (χ4v) is 2.76. The maximum absolute atomic E-state index is 12.1. The number of aryl methyl sites for hydroxylation is 2. The van der Waals surface area contributed by atoms with Crippen LogP contribution in [-0.2, 0) is 4.79 Å². The number of benzene rings is 1. The topological polar surface area (TPSA) is 55.8 Å². The van der Waals surface area contributed by atoms with E-state index in [2.05, 4.69) is 21.2 Å². The summed E-state index contributed by atoms with van der Waals surface area (Å²) in [5.74, 6) is 0.0376. The largest absolute Gasteiger partial charge is 0.395 e. The average Bonchev–Trinajstić information content (AvgIpc) is 2.40. The monoisotopic (exact) mass is 291 g/mol. The minimum atomic E-state index is 0.0376. The summed E-state index contributed by atoms with van der Waals surface area (Å²) in [7, 11) is 0. The molecular weight excluding hydrogens is 266 g/mol. The van der Waals surface area contributed by atoms with Crippen molar-refractivity contribution in [1.29, 1.82) is 0 Å². The lowest BCUT2D eigenvalue weighted by Gasteiger charge is -2.33. The van der Waals surface area contributed by atoms with Crippen molar-refractivity contribution in [3.8, 4) is 0 Å². The van der Waals surface area contributed by atoms with E-state index in [1.165, 1.54) is 0 Å². The van der Waals surface area contributed by atoms with E-state index in [4.69, 9.17) is 5.11 Å². The minimum absolute atomic E-state index is 0.0376. The van der Waals surface area contributed by atoms with Gasteiger partial charge in [0.25, 0.3) is 0 Å². The summed E-state index contributed by atoms with van der Waals surface area (Å²) >= 11 is 0. The molecular formula is C16H25N3O2. The van der Waals surface area contributed by atoms with Gasteiger partial charge >= 0.3 is 0 Å². The molecule has 0 radical (unpaired) electrons. The molecule has 1 aliphatic heterocycles. The molecule has 1 saturated heterocycles. The molecule has 0 aliphatic carbocycles. The number of β-amino-alcohol motifs (C(OH)–C–C–N with tert-alkyl or cyclic N) is 1. The third-order valence-electron chi connectivity index (χ3n) is 3.75. The van der Waals surface area contributed by atoms with Crippen molar-refractivity contribution in [3.63, 3.8) is 0 Å². The molecule has 0 aromatic heterocycles. The second-order valence-electron chi connectivity index (χ2n) is 5.77. The van der Waals surface area contributed by atoms with Crippen molar-refractivity contribution in [3.05, 3.63) is 29.3 Å². The van der Waals surface area contributed by atoms with Crippen LogP contribution < -0.4 is 5.32 Å². The Balaban J connectivity index is 1.80. The predicted octanol–water partition coefficient (Wildman–Crippen LogP) is 0.852. The summed E-state index contributed by atoms with van der Waals surface area (Å²) in [6.07, 6.45) is 0. The van der Waals surface area contributed by atoms with Crippen LogP contribution in [0.4, 0.5) is 5.69 Å². The number of piperazine rings is 1. The molecule has 1 fully saturated rings. The molecule has 0 spiro atoms. The molecule has 5 nitrogen and oxygen atoms in total. The van der Waals surface area contributed by atoms with Crippen LogP contribution >= 0.6 is 0 Å². The number of anilines is 1. The Morgan fingerprint density at radius 3 is 2.24 bits per heavy atom. The van der Waals surface area contributed by atoms with Gasteiger partial charge in [0, 0.05) is 38.4 Å². The zero-order chi connectivity index (χ0) is 15.2. The van der Waals surface area contributed by atoms with Crippen molar-refractivity contribution in [2.75, 3.05) is 51.2 Å². The Morgan fingerprint density at radius 2 is 1.67 bits per heavy atom. The van der Waals surface area contributed by atoms with E-state index in [0.717, 1.165) is 49.5 Å². The van der Waals surface area contributed by atoms with Crippen LogP contribution in [0.1, 0.15) is 11.1 Å². The first-order chi connectivity index (χ1) is 10.1. The van der Waals surface area contributed by atoms with Crippen molar-refractivity contribution < 1.29 is 9.90 Å². The molecule has 0 saturated carbocycles. The second kappa shape index (κ2) is 7.54. The zero-order valence-electron chi connectivity index (χ0n) is 12.9. The molecule has 2 rings (SSSR count). The molecule has 1 aromatic rings. The predicted molar refractivity (Wildman–Crippen MR) is 84.5 cm³/mol. The molecule has 21 heavy (non-hydrogen) atoms. The highest BCUT2D eigenvalue weighted by molar-refractivity contribution is 5.92. The van der Waals surface area contributed by atoms with Gasteiger partial charge in [-0.15, -0.1) is 0 Å². The number of nitrogens with zero attached hydrogens (tertiary/aromatic N) is 2. The maximum atomic E-state index is 12.1. The maximum Gasteiger partial charge on any atom is 0.238 e. The van der Waals surface area contributed by atoms with Crippen molar-refractivity contribution in [2.45, 2.75) is 13.8 Å². The molecule has 2 N–H and O–H groups in total. The van der Waals surface area contributed by atoms with E-state index in [9.17, 15) is 4.79 Å². The van der Waals surface area contributed by atoms with Gasteiger partial charge in [0.15, 0.2) is 0 Å². The number of hydrogen-bond donors (Lipinski definition) is 2. The SMILES string of the molecule is Cc1cc(C)cc(NC(=O)CN2CCN(CCO)CC2)c1. The van der Waals surface area contributed by atoms with Gasteiger partial charge < -0.3 is 10.4 Å². The highest BCUT2D eigenvalue weighted by Gasteiger charge is 2.18. The van der Waals surface area contributed by atoms with E-state index < -0.39 is 0 Å². The van der Waals surface area contributed by atoms with Crippen LogP contribution in [0.15, 0.2) is 18.2 Å². The van der Waals surface area contributed by atoms with Crippen LogP contribution in [0.5, 0.6) is 0 Å². The number of hydrogen-bond acceptors (Lipinski definition) is 4. The van der Waals surface area contributed by atoms with Crippen LogP contribution in [0.25, 0.3) is 0 Å². The number of amides is 1. The third-order valence-corrected chi connectivity index (χ3v) is 3.75. The number of carbonyl (C=O) groups excluding carboxylic acids is 1. The van der Waals surface area contributed by atoms with Gasteiger partial charge in [-0.3, -0.25) is 14.6 Å². The van der Waals surface area contributed by atoms with Gasteiger partial charge in [0.1, 0.15) is 0 Å². The number of rotatable bonds is 5. The first kappa shape index (κ1) is 15.9. The number of aliphatic hydroxyl groups excluding tert-OH is 1. The molecule has 5 heteroatoms. The summed E-state index contributed by atoms with van der Waals surface area (Å²) in [5.41, 5.74) is 3.18. The smallest absolute Gasteiger partial charge is 0.238 e. The van der Waals surface area contributed by atoms with Gasteiger partial charge in [0.05, 0.1) is 13.2 Å². The van der Waals surface area contributed by atoms with Crippen LogP contribution in [0.2, 0.25) is 0 Å². The Morgan fingerprint density at radius 1 is 1.10 bits per heavy atom. The fraction of sp³-hybridized carbons (Fsp3) is 0.562. The fourth-order valence-electron chi connectivity index (χ4n) is 2.76. The van der Waals surface area contributed by atoms with E-state index in [1.807, 2.05) is 26.0 Å². The van der Waals surface area contributed by atoms with Gasteiger partial charge in [0.2, 0.25) is 5.91 Å². The zero-order valence-corrected chi connectivity index (χ0v) is 12.9. The molecule has 1 aromatic carbocycles. The average molecular weight is 291 g/mol. The molecule has 1 aliphatic rings. The quantitative estimate of drug-likeness (QED) is 0.844. The highest BCUT2D eigenvalue weighted by atomic mass is 16.3. The molecule has 116 valence electrons. The first-order valence-corrected chi connectivity index (χ1v) is 7.50. The van der Waals surface area contributed by atoms with Gasteiger partial charge in [-0.2, -0.15) is 0 Å². The number of aliphatic hydroxyl groups is 1. The Labute approximate surface area is 126 Å². The Hall–Kier alpha value is -1.43. The summed E-state index contributed by atoms with van der Waals surface area (Å²) < 4.78 is 0. The van der Waals surface area contributed by atoms with Gasteiger partial charge in [-0.05, 0) is 37.1 Å². The lowest BCUT2D eigenvalue weighted by molar-refractivity contribution is -0.117. The number of carbonyl (C=O) groups is 1. The molecule has 0 bridgehead atoms.